The molecule has 2 aromatic rings. The van der Waals surface area contributed by atoms with E-state index in [-0.39, 0.29) is 17.4 Å². The monoisotopic (exact) mass is 403 g/mol. The highest BCUT2D eigenvalue weighted by Gasteiger charge is 2.17. The zero-order chi connectivity index (χ0) is 19.9. The summed E-state index contributed by atoms with van der Waals surface area (Å²) in [5, 5.41) is 2.92. The molecule has 1 aromatic heterocycles. The summed E-state index contributed by atoms with van der Waals surface area (Å²) in [7, 11) is -1.19. The summed E-state index contributed by atoms with van der Waals surface area (Å²) in [6, 6.07) is 11.0. The molecule has 1 fully saturated rings. The van der Waals surface area contributed by atoms with E-state index in [1.165, 1.54) is 0 Å². The molecule has 1 amide bonds. The van der Waals surface area contributed by atoms with Crippen LogP contribution in [0.3, 0.4) is 0 Å². The second-order valence-corrected chi connectivity index (χ2v) is 8.47. The molecular formula is C21H29N3O3S. The zero-order valence-corrected chi connectivity index (χ0v) is 17.5. The Morgan fingerprint density at radius 2 is 1.82 bits per heavy atom. The molecule has 0 aliphatic carbocycles. The van der Waals surface area contributed by atoms with E-state index < -0.39 is 10.8 Å². The summed E-state index contributed by atoms with van der Waals surface area (Å²) >= 11 is 0. The lowest BCUT2D eigenvalue weighted by atomic mass is 10.2. The highest BCUT2D eigenvalue weighted by Crippen LogP contribution is 2.18. The molecule has 3 rings (SSSR count). The van der Waals surface area contributed by atoms with Gasteiger partial charge in [-0.05, 0) is 37.2 Å². The lowest BCUT2D eigenvalue weighted by Crippen LogP contribution is -2.48. The van der Waals surface area contributed by atoms with Gasteiger partial charge in [-0.1, -0.05) is 25.1 Å². The number of furan rings is 1. The normalized spacial score (nSPS) is 16.8. The predicted molar refractivity (Wildman–Crippen MR) is 111 cm³/mol. The first kappa shape index (κ1) is 20.8. The predicted octanol–water partition coefficient (Wildman–Crippen LogP) is 2.26. The van der Waals surface area contributed by atoms with Crippen molar-refractivity contribution in [3.05, 3.63) is 53.5 Å². The SMILES string of the molecule is CCN1CCN(CCNC(=O)c2ccc(C[S@@](=O)c3ccccc3C)o2)CC1. The van der Waals surface area contributed by atoms with Crippen LogP contribution in [0.25, 0.3) is 0 Å². The molecule has 7 heteroatoms. The lowest BCUT2D eigenvalue weighted by Gasteiger charge is -2.33. The third-order valence-electron chi connectivity index (χ3n) is 5.12. The van der Waals surface area contributed by atoms with Gasteiger partial charge in [0.25, 0.3) is 5.91 Å². The van der Waals surface area contributed by atoms with Crippen LogP contribution >= 0.6 is 0 Å². The van der Waals surface area contributed by atoms with E-state index in [4.69, 9.17) is 4.42 Å². The minimum atomic E-state index is -1.19. The van der Waals surface area contributed by atoms with E-state index in [1.807, 2.05) is 31.2 Å². The number of rotatable bonds is 8. The second kappa shape index (κ2) is 10.0. The van der Waals surface area contributed by atoms with Gasteiger partial charge in [-0.25, -0.2) is 0 Å². The summed E-state index contributed by atoms with van der Waals surface area (Å²) in [4.78, 5) is 17.9. The average Bonchev–Trinajstić information content (AvgIpc) is 3.17. The van der Waals surface area contributed by atoms with Crippen molar-refractivity contribution >= 4 is 16.7 Å². The fourth-order valence-electron chi connectivity index (χ4n) is 3.34. The minimum absolute atomic E-state index is 0.222. The molecule has 152 valence electrons. The van der Waals surface area contributed by atoms with Crippen LogP contribution in [0.2, 0.25) is 0 Å². The first-order valence-corrected chi connectivity index (χ1v) is 11.1. The van der Waals surface area contributed by atoms with Crippen LogP contribution in [0.5, 0.6) is 0 Å². The van der Waals surface area contributed by atoms with Crippen LogP contribution in [0.4, 0.5) is 0 Å². The van der Waals surface area contributed by atoms with Crippen molar-refractivity contribution in [1.29, 1.82) is 0 Å². The van der Waals surface area contributed by atoms with Gasteiger partial charge in [0.15, 0.2) is 5.76 Å². The molecule has 2 heterocycles. The number of amides is 1. The Morgan fingerprint density at radius 1 is 1.11 bits per heavy atom. The number of hydrogen-bond donors (Lipinski definition) is 1. The molecule has 6 nitrogen and oxygen atoms in total. The Hall–Kier alpha value is -1.96. The van der Waals surface area contributed by atoms with Crippen LogP contribution in [-0.4, -0.2) is 65.7 Å². The van der Waals surface area contributed by atoms with Gasteiger partial charge in [0.05, 0.1) is 16.6 Å². The third-order valence-corrected chi connectivity index (χ3v) is 6.62. The fraction of sp³-hybridized carbons (Fsp3) is 0.476. The fourth-order valence-corrected chi connectivity index (χ4v) is 4.57. The van der Waals surface area contributed by atoms with Gasteiger partial charge in [0.1, 0.15) is 5.76 Å². The summed E-state index contributed by atoms with van der Waals surface area (Å²) in [6.45, 7) is 10.9. The second-order valence-electron chi connectivity index (χ2n) is 7.05. The van der Waals surface area contributed by atoms with Crippen molar-refractivity contribution in [3.63, 3.8) is 0 Å². The van der Waals surface area contributed by atoms with E-state index in [1.54, 1.807) is 12.1 Å². The number of nitrogens with one attached hydrogen (secondary N) is 1. The van der Waals surface area contributed by atoms with Crippen molar-refractivity contribution in [1.82, 2.24) is 15.1 Å². The number of hydrogen-bond acceptors (Lipinski definition) is 5. The summed E-state index contributed by atoms with van der Waals surface area (Å²) < 4.78 is 18.2. The highest BCUT2D eigenvalue weighted by molar-refractivity contribution is 7.84. The molecule has 28 heavy (non-hydrogen) atoms. The van der Waals surface area contributed by atoms with Crippen LogP contribution < -0.4 is 5.32 Å². The van der Waals surface area contributed by atoms with Gasteiger partial charge >= 0.3 is 0 Å². The van der Waals surface area contributed by atoms with E-state index in [0.29, 0.717) is 12.3 Å². The van der Waals surface area contributed by atoms with Crippen molar-refractivity contribution < 1.29 is 13.4 Å². The van der Waals surface area contributed by atoms with Gasteiger partial charge in [-0.15, -0.1) is 0 Å². The Morgan fingerprint density at radius 3 is 2.54 bits per heavy atom. The van der Waals surface area contributed by atoms with Crippen molar-refractivity contribution in [3.8, 4) is 0 Å². The van der Waals surface area contributed by atoms with Gasteiger partial charge in [0.2, 0.25) is 0 Å². The molecule has 0 spiro atoms. The first-order valence-electron chi connectivity index (χ1n) is 9.82. The van der Waals surface area contributed by atoms with E-state index in [2.05, 4.69) is 22.0 Å². The van der Waals surface area contributed by atoms with Crippen molar-refractivity contribution in [2.24, 2.45) is 0 Å². The van der Waals surface area contributed by atoms with Gasteiger partial charge in [-0.3, -0.25) is 13.9 Å². The Bertz CT molecular complexity index is 813. The summed E-state index contributed by atoms with van der Waals surface area (Å²) in [6.07, 6.45) is 0. The largest absolute Gasteiger partial charge is 0.455 e. The molecule has 0 radical (unpaired) electrons. The Balaban J connectivity index is 1.45. The highest BCUT2D eigenvalue weighted by atomic mass is 32.2. The average molecular weight is 404 g/mol. The van der Waals surface area contributed by atoms with Gasteiger partial charge in [-0.2, -0.15) is 0 Å². The standard InChI is InChI=1S/C21H29N3O3S/c1-3-23-12-14-24(15-13-23)11-10-22-21(25)19-9-8-18(27-19)16-28(26)20-7-5-4-6-17(20)2/h4-9H,3,10-16H2,1-2H3,(H,22,25)/t28-/m1/s1. The maximum Gasteiger partial charge on any atom is 0.287 e. The van der Waals surface area contributed by atoms with Crippen LogP contribution in [0.1, 0.15) is 28.8 Å². The Labute approximate surface area is 169 Å². The van der Waals surface area contributed by atoms with Gasteiger partial charge < -0.3 is 14.6 Å². The van der Waals surface area contributed by atoms with Crippen LogP contribution in [0, 0.1) is 6.92 Å². The number of aryl methyl sites for hydroxylation is 1. The molecular weight excluding hydrogens is 374 g/mol. The van der Waals surface area contributed by atoms with Crippen molar-refractivity contribution in [2.45, 2.75) is 24.5 Å². The summed E-state index contributed by atoms with van der Waals surface area (Å²) in [5.74, 6) is 0.870. The number of carbonyl (C=O) groups is 1. The molecule has 1 saturated heterocycles. The molecule has 1 N–H and O–H groups in total. The maximum absolute atomic E-state index is 12.5. The summed E-state index contributed by atoms with van der Waals surface area (Å²) in [5.41, 5.74) is 0.991. The molecule has 1 aliphatic heterocycles. The topological polar surface area (TPSA) is 65.8 Å². The van der Waals surface area contributed by atoms with Crippen LogP contribution in [0.15, 0.2) is 45.7 Å². The number of piperazine rings is 1. The smallest absolute Gasteiger partial charge is 0.287 e. The van der Waals surface area contributed by atoms with E-state index >= 15 is 0 Å². The molecule has 1 aliphatic rings. The van der Waals surface area contributed by atoms with E-state index in [9.17, 15) is 9.00 Å². The van der Waals surface area contributed by atoms with Gasteiger partial charge in [0, 0.05) is 44.2 Å². The maximum atomic E-state index is 12.5. The van der Waals surface area contributed by atoms with Crippen molar-refractivity contribution in [2.75, 3.05) is 45.8 Å². The number of benzene rings is 1. The molecule has 1 atom stereocenters. The molecule has 0 bridgehead atoms. The lowest BCUT2D eigenvalue weighted by molar-refractivity contribution is 0.0909. The third kappa shape index (κ3) is 5.53. The molecule has 0 saturated carbocycles. The number of likely N-dealkylation sites (N-methyl/N-ethyl adjacent to an activating group) is 1. The minimum Gasteiger partial charge on any atom is -0.455 e. The quantitative estimate of drug-likeness (QED) is 0.732. The van der Waals surface area contributed by atoms with Crippen LogP contribution in [-0.2, 0) is 16.6 Å². The number of nitrogens with zero attached hydrogens (tertiary/aromatic N) is 2. The molecule has 1 aromatic carbocycles. The molecule has 0 unspecified atom stereocenters. The number of carbonyl (C=O) groups excluding carboxylic acids is 1. The van der Waals surface area contributed by atoms with E-state index in [0.717, 1.165) is 49.7 Å². The first-order chi connectivity index (χ1) is 13.6. The Kier molecular flexibility index (Phi) is 7.42. The zero-order valence-electron chi connectivity index (χ0n) is 16.6.